The van der Waals surface area contributed by atoms with E-state index in [-0.39, 0.29) is 18.3 Å². The predicted octanol–water partition coefficient (Wildman–Crippen LogP) is 3.91. The number of rotatable bonds is 7. The number of methoxy groups -OCH3 is 2. The Morgan fingerprint density at radius 1 is 1.00 bits per heavy atom. The van der Waals surface area contributed by atoms with E-state index in [0.717, 1.165) is 31.7 Å². The van der Waals surface area contributed by atoms with Crippen LogP contribution in [-0.2, 0) is 11.3 Å². The zero-order chi connectivity index (χ0) is 21.7. The summed E-state index contributed by atoms with van der Waals surface area (Å²) in [5.74, 6) is 0.443. The van der Waals surface area contributed by atoms with Crippen molar-refractivity contribution in [1.82, 2.24) is 9.80 Å². The topological polar surface area (TPSA) is 54.0 Å². The molecule has 2 aromatic carbocycles. The Bertz CT molecular complexity index is 905. The van der Waals surface area contributed by atoms with Gasteiger partial charge in [-0.2, -0.15) is 0 Å². The molecule has 0 saturated carbocycles. The van der Waals surface area contributed by atoms with Crippen LogP contribution in [0.3, 0.4) is 0 Å². The van der Waals surface area contributed by atoms with Crippen LogP contribution in [-0.4, -0.2) is 62.7 Å². The van der Waals surface area contributed by atoms with Gasteiger partial charge in [0.05, 0.1) is 31.5 Å². The molecule has 1 amide bonds. The number of anilines is 1. The minimum absolute atomic E-state index is 0.146. The van der Waals surface area contributed by atoms with Gasteiger partial charge in [-0.05, 0) is 17.7 Å². The number of hydrogen-bond acceptors (Lipinski definition) is 5. The first-order valence-electron chi connectivity index (χ1n) is 9.49. The molecule has 0 radical (unpaired) electrons. The fourth-order valence-corrected chi connectivity index (χ4v) is 3.81. The van der Waals surface area contributed by atoms with Crippen molar-refractivity contribution in [1.29, 1.82) is 0 Å². The van der Waals surface area contributed by atoms with E-state index in [2.05, 4.69) is 15.1 Å². The van der Waals surface area contributed by atoms with Crippen molar-refractivity contribution in [2.75, 3.05) is 52.3 Å². The standard InChI is InChI=1S/C21H24Cl2FN3O3/c1-29-19-11-18(20(30-2)10-17(19)23)25-21(28)13-27-7-5-26(6-8-27)12-14-3-4-15(24)9-16(14)22/h3-4,9-11H,5-8,12-13H2,1-2H3,(H,25,28). The molecule has 1 fully saturated rings. The number of piperazine rings is 1. The minimum atomic E-state index is -0.338. The monoisotopic (exact) mass is 455 g/mol. The molecular weight excluding hydrogens is 432 g/mol. The van der Waals surface area contributed by atoms with E-state index in [1.807, 2.05) is 0 Å². The van der Waals surface area contributed by atoms with Gasteiger partial charge in [-0.1, -0.05) is 29.3 Å². The molecule has 0 aliphatic carbocycles. The lowest BCUT2D eigenvalue weighted by molar-refractivity contribution is -0.117. The highest BCUT2D eigenvalue weighted by atomic mass is 35.5. The average Bonchev–Trinajstić information content (AvgIpc) is 2.72. The molecule has 9 heteroatoms. The fraction of sp³-hybridized carbons (Fsp3) is 0.381. The first kappa shape index (κ1) is 22.6. The van der Waals surface area contributed by atoms with Crippen molar-refractivity contribution in [3.8, 4) is 11.5 Å². The van der Waals surface area contributed by atoms with Crippen molar-refractivity contribution in [2.45, 2.75) is 6.54 Å². The lowest BCUT2D eigenvalue weighted by atomic mass is 10.2. The Labute approximate surface area is 185 Å². The van der Waals surface area contributed by atoms with Gasteiger partial charge in [0, 0.05) is 49.9 Å². The van der Waals surface area contributed by atoms with Gasteiger partial charge in [0.15, 0.2) is 0 Å². The molecule has 1 aliphatic heterocycles. The number of nitrogens with one attached hydrogen (secondary N) is 1. The fourth-order valence-electron chi connectivity index (χ4n) is 3.35. The average molecular weight is 456 g/mol. The molecule has 0 bridgehead atoms. The molecule has 2 aromatic rings. The van der Waals surface area contributed by atoms with Crippen LogP contribution >= 0.6 is 23.2 Å². The molecule has 1 heterocycles. The molecule has 1 saturated heterocycles. The summed E-state index contributed by atoms with van der Waals surface area (Å²) in [6, 6.07) is 7.71. The molecule has 0 unspecified atom stereocenters. The number of hydrogen-bond donors (Lipinski definition) is 1. The van der Waals surface area contributed by atoms with Crippen molar-refractivity contribution in [3.63, 3.8) is 0 Å². The van der Waals surface area contributed by atoms with E-state index in [0.29, 0.717) is 33.8 Å². The second kappa shape index (κ2) is 10.3. The molecule has 0 atom stereocenters. The molecule has 6 nitrogen and oxygen atoms in total. The zero-order valence-electron chi connectivity index (χ0n) is 16.9. The van der Waals surface area contributed by atoms with Gasteiger partial charge >= 0.3 is 0 Å². The van der Waals surface area contributed by atoms with Gasteiger partial charge < -0.3 is 14.8 Å². The van der Waals surface area contributed by atoms with Crippen molar-refractivity contribution >= 4 is 34.8 Å². The highest BCUT2D eigenvalue weighted by Gasteiger charge is 2.21. The van der Waals surface area contributed by atoms with E-state index < -0.39 is 0 Å². The number of nitrogens with zero attached hydrogens (tertiary/aromatic N) is 2. The van der Waals surface area contributed by atoms with Gasteiger partial charge in [-0.3, -0.25) is 14.6 Å². The molecule has 0 spiro atoms. The third-order valence-electron chi connectivity index (χ3n) is 4.99. The Hall–Kier alpha value is -2.06. The maximum atomic E-state index is 13.2. The predicted molar refractivity (Wildman–Crippen MR) is 116 cm³/mol. The van der Waals surface area contributed by atoms with Crippen LogP contribution in [0.2, 0.25) is 10.0 Å². The van der Waals surface area contributed by atoms with Crippen molar-refractivity contribution < 1.29 is 18.7 Å². The molecule has 162 valence electrons. The number of ether oxygens (including phenoxy) is 2. The summed E-state index contributed by atoms with van der Waals surface area (Å²) in [5.41, 5.74) is 1.40. The Morgan fingerprint density at radius 2 is 1.67 bits per heavy atom. The van der Waals surface area contributed by atoms with Crippen LogP contribution < -0.4 is 14.8 Å². The Balaban J connectivity index is 1.52. The van der Waals surface area contributed by atoms with Crippen molar-refractivity contribution in [2.24, 2.45) is 0 Å². The highest BCUT2D eigenvalue weighted by molar-refractivity contribution is 6.32. The van der Waals surface area contributed by atoms with Gasteiger partial charge in [-0.25, -0.2) is 4.39 Å². The summed E-state index contributed by atoms with van der Waals surface area (Å²) >= 11 is 12.2. The van der Waals surface area contributed by atoms with Crippen LogP contribution in [0.5, 0.6) is 11.5 Å². The Morgan fingerprint density at radius 3 is 2.30 bits per heavy atom. The first-order valence-corrected chi connectivity index (χ1v) is 10.2. The van der Waals surface area contributed by atoms with Crippen LogP contribution in [0.15, 0.2) is 30.3 Å². The van der Waals surface area contributed by atoms with E-state index in [4.69, 9.17) is 32.7 Å². The SMILES string of the molecule is COc1cc(NC(=O)CN2CCN(Cc3ccc(F)cc3Cl)CC2)c(OC)cc1Cl. The summed E-state index contributed by atoms with van der Waals surface area (Å²) < 4.78 is 23.7. The molecule has 30 heavy (non-hydrogen) atoms. The zero-order valence-corrected chi connectivity index (χ0v) is 18.4. The van der Waals surface area contributed by atoms with Crippen LogP contribution in [0, 0.1) is 5.82 Å². The summed E-state index contributed by atoms with van der Waals surface area (Å²) in [6.45, 7) is 3.99. The summed E-state index contributed by atoms with van der Waals surface area (Å²) in [5, 5.41) is 3.71. The summed E-state index contributed by atoms with van der Waals surface area (Å²) in [4.78, 5) is 16.9. The minimum Gasteiger partial charge on any atom is -0.495 e. The van der Waals surface area contributed by atoms with Gasteiger partial charge in [0.1, 0.15) is 17.3 Å². The van der Waals surface area contributed by atoms with Gasteiger partial charge in [0.2, 0.25) is 5.91 Å². The third kappa shape index (κ3) is 5.76. The normalized spacial score (nSPS) is 15.1. The maximum absolute atomic E-state index is 13.2. The third-order valence-corrected chi connectivity index (χ3v) is 5.64. The second-order valence-corrected chi connectivity index (χ2v) is 7.84. The number of amides is 1. The molecule has 3 rings (SSSR count). The molecule has 1 aliphatic rings. The van der Waals surface area contributed by atoms with Crippen LogP contribution in [0.4, 0.5) is 10.1 Å². The quantitative estimate of drug-likeness (QED) is 0.685. The van der Waals surface area contributed by atoms with E-state index in [1.165, 1.54) is 26.4 Å². The Kier molecular flexibility index (Phi) is 7.77. The molecule has 1 N–H and O–H groups in total. The van der Waals surface area contributed by atoms with Crippen LogP contribution in [0.25, 0.3) is 0 Å². The summed E-state index contributed by atoms with van der Waals surface area (Å²) in [6.07, 6.45) is 0. The number of halogens is 3. The second-order valence-electron chi connectivity index (χ2n) is 7.02. The molecular formula is C21H24Cl2FN3O3. The van der Waals surface area contributed by atoms with Gasteiger partial charge in [-0.15, -0.1) is 0 Å². The highest BCUT2D eigenvalue weighted by Crippen LogP contribution is 2.35. The summed E-state index contributed by atoms with van der Waals surface area (Å²) in [7, 11) is 3.03. The van der Waals surface area contributed by atoms with Crippen LogP contribution in [0.1, 0.15) is 5.56 Å². The lowest BCUT2D eigenvalue weighted by Crippen LogP contribution is -2.48. The van der Waals surface area contributed by atoms with E-state index >= 15 is 0 Å². The first-order chi connectivity index (χ1) is 14.4. The largest absolute Gasteiger partial charge is 0.495 e. The van der Waals surface area contributed by atoms with Gasteiger partial charge in [0.25, 0.3) is 0 Å². The molecule has 0 aromatic heterocycles. The smallest absolute Gasteiger partial charge is 0.238 e. The van der Waals surface area contributed by atoms with Crippen molar-refractivity contribution in [3.05, 3.63) is 51.8 Å². The van der Waals surface area contributed by atoms with E-state index in [1.54, 1.807) is 18.2 Å². The number of benzene rings is 2. The maximum Gasteiger partial charge on any atom is 0.238 e. The number of carbonyl (C=O) groups excluding carboxylic acids is 1. The lowest BCUT2D eigenvalue weighted by Gasteiger charge is -2.34. The number of carbonyl (C=O) groups is 1. The van der Waals surface area contributed by atoms with E-state index in [9.17, 15) is 9.18 Å².